The lowest BCUT2D eigenvalue weighted by atomic mass is 10.3. The molecule has 0 saturated heterocycles. The summed E-state index contributed by atoms with van der Waals surface area (Å²) in [5, 5.41) is 3.13. The van der Waals surface area contributed by atoms with E-state index >= 15 is 0 Å². The molecule has 1 N–H and O–H groups in total. The van der Waals surface area contributed by atoms with Crippen LogP contribution in [0.15, 0.2) is 54.7 Å². The Hall–Kier alpha value is -2.20. The fourth-order valence-electron chi connectivity index (χ4n) is 2.01. The summed E-state index contributed by atoms with van der Waals surface area (Å²) in [7, 11) is 0. The molecule has 1 amide bonds. The van der Waals surface area contributed by atoms with Crippen LogP contribution in [0.3, 0.4) is 0 Å². The Kier molecular flexibility index (Phi) is 5.26. The van der Waals surface area contributed by atoms with Gasteiger partial charge in [0.05, 0.1) is 12.2 Å². The van der Waals surface area contributed by atoms with Crippen LogP contribution in [-0.2, 0) is 11.3 Å². The maximum absolute atomic E-state index is 12.2. The third kappa shape index (κ3) is 3.90. The van der Waals surface area contributed by atoms with E-state index < -0.39 is 0 Å². The summed E-state index contributed by atoms with van der Waals surface area (Å²) < 4.78 is 0. The van der Waals surface area contributed by atoms with Crippen LogP contribution in [0.4, 0.5) is 5.69 Å². The number of hydrogen-bond donors (Lipinski definition) is 1. The molecule has 0 spiro atoms. The molecule has 1 heterocycles. The van der Waals surface area contributed by atoms with Gasteiger partial charge in [0.25, 0.3) is 0 Å². The van der Waals surface area contributed by atoms with Gasteiger partial charge in [-0.15, -0.1) is 0 Å². The highest BCUT2D eigenvalue weighted by Crippen LogP contribution is 2.12. The summed E-state index contributed by atoms with van der Waals surface area (Å²) in [4.78, 5) is 18.2. The maximum atomic E-state index is 12.2. The van der Waals surface area contributed by atoms with Crippen LogP contribution in [0.1, 0.15) is 12.6 Å². The summed E-state index contributed by atoms with van der Waals surface area (Å²) in [5.74, 6) is 0.0645. The third-order valence-corrected chi connectivity index (χ3v) is 2.99. The average molecular weight is 269 g/mol. The summed E-state index contributed by atoms with van der Waals surface area (Å²) in [6, 6.07) is 15.5. The first kappa shape index (κ1) is 14.2. The van der Waals surface area contributed by atoms with Gasteiger partial charge in [0.15, 0.2) is 0 Å². The first-order valence-electron chi connectivity index (χ1n) is 6.77. The van der Waals surface area contributed by atoms with E-state index in [2.05, 4.69) is 10.3 Å². The second-order valence-corrected chi connectivity index (χ2v) is 4.40. The maximum Gasteiger partial charge on any atom is 0.240 e. The molecule has 1 aromatic carbocycles. The largest absolute Gasteiger partial charge is 0.312 e. The van der Waals surface area contributed by atoms with Crippen LogP contribution in [-0.4, -0.2) is 24.0 Å². The van der Waals surface area contributed by atoms with E-state index in [1.54, 1.807) is 11.1 Å². The molecule has 4 nitrogen and oxygen atoms in total. The number of pyridine rings is 1. The van der Waals surface area contributed by atoms with E-state index in [0.29, 0.717) is 19.6 Å². The Morgan fingerprint density at radius 3 is 2.55 bits per heavy atom. The second kappa shape index (κ2) is 7.40. The zero-order chi connectivity index (χ0) is 14.2. The number of anilines is 1. The topological polar surface area (TPSA) is 45.2 Å². The molecule has 0 fully saturated rings. The number of likely N-dealkylation sites (N-methyl/N-ethyl adjacent to an activating group) is 1. The molecule has 104 valence electrons. The molecule has 2 aromatic rings. The molecule has 4 heteroatoms. The molecule has 2 rings (SSSR count). The van der Waals surface area contributed by atoms with Crippen molar-refractivity contribution in [2.24, 2.45) is 0 Å². The number of carbonyl (C=O) groups is 1. The van der Waals surface area contributed by atoms with E-state index in [-0.39, 0.29) is 5.91 Å². The summed E-state index contributed by atoms with van der Waals surface area (Å²) >= 11 is 0. The van der Waals surface area contributed by atoms with Gasteiger partial charge in [0.1, 0.15) is 0 Å². The average Bonchev–Trinajstić information content (AvgIpc) is 2.50. The van der Waals surface area contributed by atoms with Gasteiger partial charge in [0, 0.05) is 25.0 Å². The predicted octanol–water partition coefficient (Wildman–Crippen LogP) is 2.22. The summed E-state index contributed by atoms with van der Waals surface area (Å²) in [6.45, 7) is 3.54. The number of carbonyl (C=O) groups excluding carboxylic acids is 1. The molecule has 0 aliphatic carbocycles. The molecular formula is C16H19N3O. The van der Waals surface area contributed by atoms with Crippen molar-refractivity contribution in [2.75, 3.05) is 18.0 Å². The van der Waals surface area contributed by atoms with Crippen LogP contribution in [0.2, 0.25) is 0 Å². The first-order chi connectivity index (χ1) is 9.81. The molecule has 0 atom stereocenters. The van der Waals surface area contributed by atoms with Crippen molar-refractivity contribution in [1.82, 2.24) is 10.3 Å². The molecule has 0 radical (unpaired) electrons. The smallest absolute Gasteiger partial charge is 0.240 e. The lowest BCUT2D eigenvalue weighted by Gasteiger charge is -2.21. The fourth-order valence-corrected chi connectivity index (χ4v) is 2.01. The molecule has 0 saturated carbocycles. The normalized spacial score (nSPS) is 10.2. The van der Waals surface area contributed by atoms with E-state index in [0.717, 1.165) is 11.4 Å². The zero-order valence-electron chi connectivity index (χ0n) is 11.6. The number of aromatic nitrogens is 1. The Balaban J connectivity index is 1.87. The fraction of sp³-hybridized carbons (Fsp3) is 0.250. The molecule has 0 unspecified atom stereocenters. The minimum absolute atomic E-state index is 0.0645. The highest BCUT2D eigenvalue weighted by atomic mass is 16.2. The Labute approximate surface area is 119 Å². The van der Waals surface area contributed by atoms with Crippen molar-refractivity contribution in [3.05, 3.63) is 60.4 Å². The van der Waals surface area contributed by atoms with Crippen molar-refractivity contribution >= 4 is 11.6 Å². The molecule has 0 bridgehead atoms. The summed E-state index contributed by atoms with van der Waals surface area (Å²) in [6.07, 6.45) is 1.75. The van der Waals surface area contributed by atoms with E-state index in [4.69, 9.17) is 0 Å². The quantitative estimate of drug-likeness (QED) is 0.874. The van der Waals surface area contributed by atoms with Gasteiger partial charge in [-0.3, -0.25) is 9.78 Å². The predicted molar refractivity (Wildman–Crippen MR) is 80.4 cm³/mol. The minimum Gasteiger partial charge on any atom is -0.312 e. The van der Waals surface area contributed by atoms with Gasteiger partial charge >= 0.3 is 0 Å². The van der Waals surface area contributed by atoms with Gasteiger partial charge in [-0.25, -0.2) is 0 Å². The van der Waals surface area contributed by atoms with Crippen molar-refractivity contribution in [3.8, 4) is 0 Å². The number of hydrogen-bond acceptors (Lipinski definition) is 3. The van der Waals surface area contributed by atoms with Gasteiger partial charge in [-0.1, -0.05) is 24.3 Å². The van der Waals surface area contributed by atoms with Crippen LogP contribution < -0.4 is 10.2 Å². The number of rotatable bonds is 6. The van der Waals surface area contributed by atoms with Gasteiger partial charge < -0.3 is 10.2 Å². The Bertz CT molecular complexity index is 528. The van der Waals surface area contributed by atoms with Gasteiger partial charge in [-0.2, -0.15) is 0 Å². The van der Waals surface area contributed by atoms with Gasteiger partial charge in [0.2, 0.25) is 5.91 Å². The molecule has 0 aliphatic heterocycles. The molecule has 1 aromatic heterocycles. The highest BCUT2D eigenvalue weighted by molar-refractivity contribution is 5.94. The molecular weight excluding hydrogens is 250 g/mol. The number of amides is 1. The first-order valence-corrected chi connectivity index (χ1v) is 6.77. The van der Waals surface area contributed by atoms with Crippen molar-refractivity contribution in [3.63, 3.8) is 0 Å². The van der Waals surface area contributed by atoms with Crippen molar-refractivity contribution in [2.45, 2.75) is 13.5 Å². The zero-order valence-corrected chi connectivity index (χ0v) is 11.6. The van der Waals surface area contributed by atoms with Crippen molar-refractivity contribution < 1.29 is 4.79 Å². The van der Waals surface area contributed by atoms with Crippen molar-refractivity contribution in [1.29, 1.82) is 0 Å². The van der Waals surface area contributed by atoms with Crippen LogP contribution in [0, 0.1) is 0 Å². The van der Waals surface area contributed by atoms with E-state index in [1.165, 1.54) is 0 Å². The second-order valence-electron chi connectivity index (χ2n) is 4.40. The lowest BCUT2D eigenvalue weighted by Crippen LogP contribution is -2.38. The number of benzene rings is 1. The monoisotopic (exact) mass is 269 g/mol. The SMILES string of the molecule is CCN(C(=O)CNCc1ccccn1)c1ccccc1. The molecule has 20 heavy (non-hydrogen) atoms. The van der Waals surface area contributed by atoms with Crippen LogP contribution >= 0.6 is 0 Å². The summed E-state index contributed by atoms with van der Waals surface area (Å²) in [5.41, 5.74) is 1.86. The Morgan fingerprint density at radius 2 is 1.90 bits per heavy atom. The molecule has 0 aliphatic rings. The number of nitrogens with one attached hydrogen (secondary N) is 1. The van der Waals surface area contributed by atoms with E-state index in [1.807, 2.05) is 55.5 Å². The minimum atomic E-state index is 0.0645. The highest BCUT2D eigenvalue weighted by Gasteiger charge is 2.12. The van der Waals surface area contributed by atoms with Gasteiger partial charge in [-0.05, 0) is 31.2 Å². The van der Waals surface area contributed by atoms with Crippen LogP contribution in [0.5, 0.6) is 0 Å². The third-order valence-electron chi connectivity index (χ3n) is 2.99. The number of nitrogens with zero attached hydrogens (tertiary/aromatic N) is 2. The lowest BCUT2D eigenvalue weighted by molar-refractivity contribution is -0.117. The number of para-hydroxylation sites is 1. The standard InChI is InChI=1S/C16H19N3O/c1-2-19(15-9-4-3-5-10-15)16(20)13-17-12-14-8-6-7-11-18-14/h3-11,17H,2,12-13H2,1H3. The van der Waals surface area contributed by atoms with Crippen LogP contribution in [0.25, 0.3) is 0 Å². The Morgan fingerprint density at radius 1 is 1.15 bits per heavy atom. The van der Waals surface area contributed by atoms with E-state index in [9.17, 15) is 4.79 Å².